The molecule has 94 valence electrons. The fraction of sp³-hybridized carbons (Fsp3) is 0.917. The topological polar surface area (TPSA) is 75.3 Å². The van der Waals surface area contributed by atoms with Crippen LogP contribution >= 0.6 is 0 Å². The first-order chi connectivity index (χ1) is 7.52. The second-order valence-corrected chi connectivity index (χ2v) is 5.06. The Morgan fingerprint density at radius 1 is 1.44 bits per heavy atom. The van der Waals surface area contributed by atoms with Crippen LogP contribution < -0.4 is 11.1 Å². The van der Waals surface area contributed by atoms with Crippen molar-refractivity contribution in [2.45, 2.75) is 51.5 Å². The smallest absolute Gasteiger partial charge is 0.240 e. The number of aliphatic hydroxyl groups excluding tert-OH is 1. The van der Waals surface area contributed by atoms with E-state index < -0.39 is 5.54 Å². The van der Waals surface area contributed by atoms with Crippen LogP contribution in [0.2, 0.25) is 0 Å². The van der Waals surface area contributed by atoms with Gasteiger partial charge in [0.25, 0.3) is 0 Å². The van der Waals surface area contributed by atoms with Gasteiger partial charge in [0.15, 0.2) is 0 Å². The van der Waals surface area contributed by atoms with Gasteiger partial charge in [-0.3, -0.25) is 4.79 Å². The summed E-state index contributed by atoms with van der Waals surface area (Å²) >= 11 is 0. The molecule has 0 spiro atoms. The lowest BCUT2D eigenvalue weighted by molar-refractivity contribution is -0.130. The van der Waals surface area contributed by atoms with E-state index in [0.717, 1.165) is 32.1 Å². The number of rotatable bonds is 6. The van der Waals surface area contributed by atoms with E-state index in [1.54, 1.807) is 0 Å². The molecule has 0 saturated heterocycles. The molecule has 0 heterocycles. The summed E-state index contributed by atoms with van der Waals surface area (Å²) in [6.45, 7) is 4.70. The first-order valence-corrected chi connectivity index (χ1v) is 6.20. The van der Waals surface area contributed by atoms with Gasteiger partial charge in [0.2, 0.25) is 5.91 Å². The molecule has 1 amide bonds. The highest BCUT2D eigenvalue weighted by atomic mass is 16.3. The van der Waals surface area contributed by atoms with Crippen molar-refractivity contribution in [2.24, 2.45) is 11.1 Å². The van der Waals surface area contributed by atoms with Crippen LogP contribution in [0.1, 0.15) is 46.0 Å². The Kier molecular flexibility index (Phi) is 4.33. The third-order valence-corrected chi connectivity index (χ3v) is 4.16. The molecule has 0 atom stereocenters. The number of nitrogens with one attached hydrogen (secondary N) is 1. The molecule has 0 bridgehead atoms. The van der Waals surface area contributed by atoms with Crippen LogP contribution in [0.4, 0.5) is 0 Å². The number of amides is 1. The van der Waals surface area contributed by atoms with E-state index in [1.807, 2.05) is 13.8 Å². The summed E-state index contributed by atoms with van der Waals surface area (Å²) < 4.78 is 0. The highest BCUT2D eigenvalue weighted by Crippen LogP contribution is 2.30. The minimum Gasteiger partial charge on any atom is -0.396 e. The summed E-state index contributed by atoms with van der Waals surface area (Å²) in [4.78, 5) is 11.8. The molecular formula is C12H24N2O2. The fourth-order valence-electron chi connectivity index (χ4n) is 2.01. The van der Waals surface area contributed by atoms with E-state index in [9.17, 15) is 9.90 Å². The van der Waals surface area contributed by atoms with Gasteiger partial charge in [-0.15, -0.1) is 0 Å². The summed E-state index contributed by atoms with van der Waals surface area (Å²) in [5, 5.41) is 12.3. The van der Waals surface area contributed by atoms with Crippen LogP contribution in [0.15, 0.2) is 0 Å². The fourth-order valence-corrected chi connectivity index (χ4v) is 2.01. The molecule has 0 aromatic heterocycles. The number of nitrogens with two attached hydrogens (primary N) is 1. The summed E-state index contributed by atoms with van der Waals surface area (Å²) in [6, 6.07) is 0. The number of carbonyl (C=O) groups is 1. The summed E-state index contributed by atoms with van der Waals surface area (Å²) in [6.07, 6.45) is 4.32. The predicted octanol–water partition coefficient (Wildman–Crippen LogP) is 0.783. The lowest BCUT2D eigenvalue weighted by Gasteiger charge is -2.38. The average Bonchev–Trinajstić information content (AvgIpc) is 2.28. The Hall–Kier alpha value is -0.610. The maximum Gasteiger partial charge on any atom is 0.240 e. The molecule has 0 aromatic rings. The normalized spacial score (nSPS) is 19.0. The van der Waals surface area contributed by atoms with Crippen molar-refractivity contribution in [3.05, 3.63) is 0 Å². The minimum atomic E-state index is -0.636. The first-order valence-electron chi connectivity index (χ1n) is 6.20. The summed E-state index contributed by atoms with van der Waals surface area (Å²) in [5.41, 5.74) is 5.10. The molecular weight excluding hydrogens is 204 g/mol. The van der Waals surface area contributed by atoms with Gasteiger partial charge in [0.05, 0.1) is 12.1 Å². The molecule has 1 fully saturated rings. The molecule has 4 heteroatoms. The van der Waals surface area contributed by atoms with Crippen LogP contribution in [0.5, 0.6) is 0 Å². The lowest BCUT2D eigenvalue weighted by atomic mass is 9.76. The van der Waals surface area contributed by atoms with Crippen molar-refractivity contribution in [3.8, 4) is 0 Å². The second-order valence-electron chi connectivity index (χ2n) is 5.06. The molecule has 16 heavy (non-hydrogen) atoms. The van der Waals surface area contributed by atoms with Crippen molar-refractivity contribution in [1.82, 2.24) is 5.32 Å². The SMILES string of the molecule is CCC(CC)(CO)CNC(=O)C1(N)CCC1. The van der Waals surface area contributed by atoms with Gasteiger partial charge >= 0.3 is 0 Å². The Labute approximate surface area is 97.6 Å². The number of carbonyl (C=O) groups excluding carboxylic acids is 1. The third kappa shape index (κ3) is 2.55. The molecule has 1 aliphatic rings. The van der Waals surface area contributed by atoms with Gasteiger partial charge in [-0.25, -0.2) is 0 Å². The van der Waals surface area contributed by atoms with Crippen LogP contribution in [-0.4, -0.2) is 29.7 Å². The Morgan fingerprint density at radius 2 is 2.00 bits per heavy atom. The molecule has 4 nitrogen and oxygen atoms in total. The standard InChI is InChI=1S/C12H24N2O2/c1-3-11(4-2,9-15)8-14-10(16)12(13)6-5-7-12/h15H,3-9,13H2,1-2H3,(H,14,16). The summed E-state index contributed by atoms with van der Waals surface area (Å²) in [5.74, 6) is -0.0570. The van der Waals surface area contributed by atoms with Crippen LogP contribution in [0.25, 0.3) is 0 Å². The molecule has 0 radical (unpaired) electrons. The zero-order chi connectivity index (χ0) is 12.2. The lowest BCUT2D eigenvalue weighted by Crippen LogP contribution is -2.59. The van der Waals surface area contributed by atoms with E-state index in [0.29, 0.717) is 6.54 Å². The number of hydrogen-bond acceptors (Lipinski definition) is 3. The maximum absolute atomic E-state index is 11.8. The highest BCUT2D eigenvalue weighted by molar-refractivity contribution is 5.87. The largest absolute Gasteiger partial charge is 0.396 e. The Morgan fingerprint density at radius 3 is 2.31 bits per heavy atom. The van der Waals surface area contributed by atoms with Crippen LogP contribution in [0, 0.1) is 5.41 Å². The van der Waals surface area contributed by atoms with Crippen molar-refractivity contribution >= 4 is 5.91 Å². The van der Waals surface area contributed by atoms with Crippen molar-refractivity contribution in [2.75, 3.05) is 13.2 Å². The third-order valence-electron chi connectivity index (χ3n) is 4.16. The second kappa shape index (κ2) is 5.15. The van der Waals surface area contributed by atoms with E-state index in [-0.39, 0.29) is 17.9 Å². The van der Waals surface area contributed by atoms with E-state index in [1.165, 1.54) is 0 Å². The molecule has 0 aliphatic heterocycles. The van der Waals surface area contributed by atoms with E-state index in [4.69, 9.17) is 5.73 Å². The van der Waals surface area contributed by atoms with E-state index in [2.05, 4.69) is 5.32 Å². The van der Waals surface area contributed by atoms with E-state index >= 15 is 0 Å². The van der Waals surface area contributed by atoms with Gasteiger partial charge in [-0.1, -0.05) is 13.8 Å². The maximum atomic E-state index is 11.8. The Balaban J connectivity index is 2.46. The minimum absolute atomic E-state index is 0.0570. The predicted molar refractivity (Wildman–Crippen MR) is 63.9 cm³/mol. The van der Waals surface area contributed by atoms with Gasteiger partial charge in [0.1, 0.15) is 0 Å². The monoisotopic (exact) mass is 228 g/mol. The molecule has 0 aromatic carbocycles. The van der Waals surface area contributed by atoms with Gasteiger partial charge < -0.3 is 16.2 Å². The molecule has 1 rings (SSSR count). The van der Waals surface area contributed by atoms with Crippen LogP contribution in [-0.2, 0) is 4.79 Å². The van der Waals surface area contributed by atoms with Crippen molar-refractivity contribution in [3.63, 3.8) is 0 Å². The Bertz CT molecular complexity index is 237. The number of hydrogen-bond donors (Lipinski definition) is 3. The zero-order valence-corrected chi connectivity index (χ0v) is 10.4. The number of aliphatic hydroxyl groups is 1. The van der Waals surface area contributed by atoms with Crippen molar-refractivity contribution in [1.29, 1.82) is 0 Å². The van der Waals surface area contributed by atoms with Gasteiger partial charge in [-0.2, -0.15) is 0 Å². The van der Waals surface area contributed by atoms with Gasteiger partial charge in [0, 0.05) is 12.0 Å². The summed E-state index contributed by atoms with van der Waals surface area (Å²) in [7, 11) is 0. The first kappa shape index (κ1) is 13.5. The van der Waals surface area contributed by atoms with Crippen molar-refractivity contribution < 1.29 is 9.90 Å². The average molecular weight is 228 g/mol. The molecule has 1 saturated carbocycles. The molecule has 1 aliphatic carbocycles. The quantitative estimate of drug-likeness (QED) is 0.629. The van der Waals surface area contributed by atoms with Gasteiger partial charge in [-0.05, 0) is 32.1 Å². The molecule has 4 N–H and O–H groups in total. The highest BCUT2D eigenvalue weighted by Gasteiger charge is 2.40. The molecule has 0 unspecified atom stereocenters. The van der Waals surface area contributed by atoms with Crippen LogP contribution in [0.3, 0.4) is 0 Å². The zero-order valence-electron chi connectivity index (χ0n) is 10.4.